The highest BCUT2D eigenvalue weighted by Gasteiger charge is 2.04. The molecule has 0 saturated carbocycles. The smallest absolute Gasteiger partial charge is 0.271 e. The lowest BCUT2D eigenvalue weighted by molar-refractivity contribution is 0.0955. The molecule has 1 amide bonds. The van der Waals surface area contributed by atoms with E-state index < -0.39 is 0 Å². The van der Waals surface area contributed by atoms with Crippen LogP contribution in [-0.2, 0) is 0 Å². The standard InChI is InChI=1S/C14H12BrN3O2/c15-11-4-5-13(19)10(6-11)8-17-18-14(20)9-2-1-3-12(16)7-9/h1-8,19H,16H2,(H,18,20)/b17-8-. The molecule has 0 aromatic heterocycles. The van der Waals surface area contributed by atoms with Crippen LogP contribution in [0.3, 0.4) is 0 Å². The van der Waals surface area contributed by atoms with Gasteiger partial charge in [-0.3, -0.25) is 4.79 Å². The van der Waals surface area contributed by atoms with Gasteiger partial charge in [0.15, 0.2) is 0 Å². The van der Waals surface area contributed by atoms with Crippen molar-refractivity contribution in [3.05, 3.63) is 58.1 Å². The zero-order chi connectivity index (χ0) is 14.5. The third-order valence-corrected chi connectivity index (χ3v) is 3.00. The molecule has 0 radical (unpaired) electrons. The topological polar surface area (TPSA) is 87.7 Å². The molecule has 0 aliphatic heterocycles. The molecule has 0 spiro atoms. The van der Waals surface area contributed by atoms with Gasteiger partial charge >= 0.3 is 0 Å². The van der Waals surface area contributed by atoms with Gasteiger partial charge in [0.05, 0.1) is 6.21 Å². The minimum atomic E-state index is -0.372. The molecule has 0 fully saturated rings. The van der Waals surface area contributed by atoms with E-state index in [1.807, 2.05) is 0 Å². The molecule has 0 aliphatic rings. The normalized spacial score (nSPS) is 10.7. The molecule has 5 nitrogen and oxygen atoms in total. The maximum Gasteiger partial charge on any atom is 0.271 e. The summed E-state index contributed by atoms with van der Waals surface area (Å²) >= 11 is 3.29. The number of halogens is 1. The molecule has 6 heteroatoms. The van der Waals surface area contributed by atoms with Gasteiger partial charge in [0.2, 0.25) is 0 Å². The van der Waals surface area contributed by atoms with Gasteiger partial charge < -0.3 is 10.8 Å². The highest BCUT2D eigenvalue weighted by atomic mass is 79.9. The summed E-state index contributed by atoms with van der Waals surface area (Å²) in [5.41, 5.74) is 9.38. The fraction of sp³-hybridized carbons (Fsp3) is 0. The number of nitrogen functional groups attached to an aromatic ring is 1. The Bertz CT molecular complexity index is 671. The Morgan fingerprint density at radius 1 is 1.30 bits per heavy atom. The molecular weight excluding hydrogens is 322 g/mol. The second-order valence-corrected chi connectivity index (χ2v) is 4.94. The molecule has 0 atom stereocenters. The molecule has 2 aromatic carbocycles. The lowest BCUT2D eigenvalue weighted by atomic mass is 10.2. The molecule has 0 bridgehead atoms. The second-order valence-electron chi connectivity index (χ2n) is 4.03. The van der Waals surface area contributed by atoms with E-state index in [1.165, 1.54) is 12.3 Å². The molecule has 0 saturated heterocycles. The first kappa shape index (κ1) is 14.1. The van der Waals surface area contributed by atoms with E-state index in [0.717, 1.165) is 4.47 Å². The number of phenolic OH excluding ortho intramolecular Hbond substituents is 1. The number of carbonyl (C=O) groups is 1. The van der Waals surface area contributed by atoms with Crippen molar-refractivity contribution >= 4 is 33.7 Å². The largest absolute Gasteiger partial charge is 0.507 e. The number of carbonyl (C=O) groups excluding carboxylic acids is 1. The van der Waals surface area contributed by atoms with Gasteiger partial charge in [-0.2, -0.15) is 5.10 Å². The zero-order valence-electron chi connectivity index (χ0n) is 10.4. The third kappa shape index (κ3) is 3.58. The van der Waals surface area contributed by atoms with Gasteiger partial charge in [-0.25, -0.2) is 5.43 Å². The Hall–Kier alpha value is -2.34. The Morgan fingerprint density at radius 2 is 2.10 bits per heavy atom. The van der Waals surface area contributed by atoms with Crippen molar-refractivity contribution in [3.8, 4) is 5.75 Å². The van der Waals surface area contributed by atoms with Gasteiger partial charge in [0.25, 0.3) is 5.91 Å². The van der Waals surface area contributed by atoms with Gasteiger partial charge in [-0.15, -0.1) is 0 Å². The number of amides is 1. The van der Waals surface area contributed by atoms with Crippen LogP contribution in [0.15, 0.2) is 52.0 Å². The van der Waals surface area contributed by atoms with Crippen molar-refractivity contribution in [2.45, 2.75) is 0 Å². The number of aromatic hydroxyl groups is 1. The van der Waals surface area contributed by atoms with Crippen LogP contribution in [0.4, 0.5) is 5.69 Å². The summed E-state index contributed by atoms with van der Waals surface area (Å²) in [4.78, 5) is 11.8. The maximum atomic E-state index is 11.8. The van der Waals surface area contributed by atoms with Crippen molar-refractivity contribution in [1.82, 2.24) is 5.43 Å². The fourth-order valence-electron chi connectivity index (χ4n) is 1.53. The quantitative estimate of drug-likeness (QED) is 0.458. The van der Waals surface area contributed by atoms with E-state index >= 15 is 0 Å². The summed E-state index contributed by atoms with van der Waals surface area (Å²) in [5.74, 6) is -0.293. The first-order chi connectivity index (χ1) is 9.56. The molecule has 20 heavy (non-hydrogen) atoms. The monoisotopic (exact) mass is 333 g/mol. The average Bonchev–Trinajstić information content (AvgIpc) is 2.42. The van der Waals surface area contributed by atoms with Crippen LogP contribution < -0.4 is 11.2 Å². The van der Waals surface area contributed by atoms with E-state index in [9.17, 15) is 9.90 Å². The number of hydrogen-bond acceptors (Lipinski definition) is 4. The Labute approximate surface area is 124 Å². The van der Waals surface area contributed by atoms with Crippen LogP contribution in [0, 0.1) is 0 Å². The lowest BCUT2D eigenvalue weighted by Crippen LogP contribution is -2.17. The second kappa shape index (κ2) is 6.21. The van der Waals surface area contributed by atoms with Crippen molar-refractivity contribution in [3.63, 3.8) is 0 Å². The van der Waals surface area contributed by atoms with Crippen molar-refractivity contribution < 1.29 is 9.90 Å². The first-order valence-electron chi connectivity index (χ1n) is 5.74. The van der Waals surface area contributed by atoms with E-state index in [1.54, 1.807) is 36.4 Å². The third-order valence-electron chi connectivity index (χ3n) is 2.51. The number of anilines is 1. The van der Waals surface area contributed by atoms with Crippen LogP contribution >= 0.6 is 15.9 Å². The van der Waals surface area contributed by atoms with Crippen molar-refractivity contribution in [2.24, 2.45) is 5.10 Å². The van der Waals surface area contributed by atoms with E-state index in [-0.39, 0.29) is 11.7 Å². The highest BCUT2D eigenvalue weighted by Crippen LogP contribution is 2.19. The fourth-order valence-corrected chi connectivity index (χ4v) is 1.91. The Morgan fingerprint density at radius 3 is 2.85 bits per heavy atom. The van der Waals surface area contributed by atoms with Crippen LogP contribution in [-0.4, -0.2) is 17.2 Å². The summed E-state index contributed by atoms with van der Waals surface area (Å²) in [6, 6.07) is 11.5. The molecule has 2 rings (SSSR count). The highest BCUT2D eigenvalue weighted by molar-refractivity contribution is 9.10. The van der Waals surface area contributed by atoms with Crippen LogP contribution in [0.5, 0.6) is 5.75 Å². The number of nitrogens with two attached hydrogens (primary N) is 1. The zero-order valence-corrected chi connectivity index (χ0v) is 12.0. The van der Waals surface area contributed by atoms with Gasteiger partial charge in [0, 0.05) is 21.3 Å². The number of rotatable bonds is 3. The number of hydrazone groups is 1. The molecule has 2 aromatic rings. The summed E-state index contributed by atoms with van der Waals surface area (Å²) in [6.07, 6.45) is 1.37. The maximum absolute atomic E-state index is 11.8. The lowest BCUT2D eigenvalue weighted by Gasteiger charge is -2.02. The molecular formula is C14H12BrN3O2. The van der Waals surface area contributed by atoms with Gasteiger partial charge in [0.1, 0.15) is 5.75 Å². The van der Waals surface area contributed by atoms with Crippen LogP contribution in [0.1, 0.15) is 15.9 Å². The first-order valence-corrected chi connectivity index (χ1v) is 6.53. The van der Waals surface area contributed by atoms with E-state index in [0.29, 0.717) is 16.8 Å². The van der Waals surface area contributed by atoms with Crippen molar-refractivity contribution in [2.75, 3.05) is 5.73 Å². The molecule has 102 valence electrons. The molecule has 0 aliphatic carbocycles. The average molecular weight is 334 g/mol. The van der Waals surface area contributed by atoms with Gasteiger partial charge in [-0.1, -0.05) is 22.0 Å². The van der Waals surface area contributed by atoms with Crippen molar-refractivity contribution in [1.29, 1.82) is 0 Å². The summed E-state index contributed by atoms with van der Waals surface area (Å²) in [6.45, 7) is 0. The predicted octanol–water partition coefficient (Wildman–Crippen LogP) is 2.50. The summed E-state index contributed by atoms with van der Waals surface area (Å²) in [5, 5.41) is 13.4. The Kier molecular flexibility index (Phi) is 4.37. The molecule has 4 N–H and O–H groups in total. The summed E-state index contributed by atoms with van der Waals surface area (Å²) in [7, 11) is 0. The number of benzene rings is 2. The van der Waals surface area contributed by atoms with E-state index in [2.05, 4.69) is 26.5 Å². The SMILES string of the molecule is Nc1cccc(C(=O)N/N=C\c2cc(Br)ccc2O)c1. The minimum absolute atomic E-state index is 0.0788. The molecule has 0 unspecified atom stereocenters. The molecule has 0 heterocycles. The van der Waals surface area contributed by atoms with E-state index in [4.69, 9.17) is 5.73 Å². The van der Waals surface area contributed by atoms with Crippen LogP contribution in [0.25, 0.3) is 0 Å². The summed E-state index contributed by atoms with van der Waals surface area (Å²) < 4.78 is 0.805. The Balaban J connectivity index is 2.06. The number of hydrogen-bond donors (Lipinski definition) is 3. The number of nitrogens with zero attached hydrogens (tertiary/aromatic N) is 1. The number of nitrogens with one attached hydrogen (secondary N) is 1. The van der Waals surface area contributed by atoms with Crippen LogP contribution in [0.2, 0.25) is 0 Å². The minimum Gasteiger partial charge on any atom is -0.507 e. The number of phenols is 1. The van der Waals surface area contributed by atoms with Gasteiger partial charge in [-0.05, 0) is 36.4 Å². The predicted molar refractivity (Wildman–Crippen MR) is 81.7 cm³/mol.